The zero-order chi connectivity index (χ0) is 21.2. The van der Waals surface area contributed by atoms with Gasteiger partial charge in [-0.2, -0.15) is 26.3 Å². The molecule has 2 amide bonds. The van der Waals surface area contributed by atoms with E-state index in [0.29, 0.717) is 17.8 Å². The van der Waals surface area contributed by atoms with Crippen molar-refractivity contribution in [1.29, 1.82) is 0 Å². The van der Waals surface area contributed by atoms with Crippen molar-refractivity contribution in [3.63, 3.8) is 0 Å². The van der Waals surface area contributed by atoms with Gasteiger partial charge in [-0.3, -0.25) is 0 Å². The predicted molar refractivity (Wildman–Crippen MR) is 95.9 cm³/mol. The number of benzene rings is 2. The van der Waals surface area contributed by atoms with Crippen molar-refractivity contribution in [1.82, 2.24) is 10.3 Å². The van der Waals surface area contributed by atoms with Gasteiger partial charge in [0.15, 0.2) is 0 Å². The summed E-state index contributed by atoms with van der Waals surface area (Å²) < 4.78 is 77.1. The summed E-state index contributed by atoms with van der Waals surface area (Å²) >= 11 is 0. The number of amides is 2. The lowest BCUT2D eigenvalue weighted by Gasteiger charge is -2.13. The minimum atomic E-state index is -4.94. The number of halogens is 6. The van der Waals surface area contributed by atoms with Gasteiger partial charge in [0.1, 0.15) is 0 Å². The fourth-order valence-electron chi connectivity index (χ4n) is 2.59. The van der Waals surface area contributed by atoms with Crippen LogP contribution in [0.4, 0.5) is 36.8 Å². The van der Waals surface area contributed by atoms with Gasteiger partial charge in [-0.15, -0.1) is 0 Å². The van der Waals surface area contributed by atoms with E-state index in [1.807, 2.05) is 0 Å². The lowest BCUT2D eigenvalue weighted by molar-refractivity contribution is -0.143. The van der Waals surface area contributed by atoms with E-state index in [-0.39, 0.29) is 11.6 Å². The van der Waals surface area contributed by atoms with Crippen LogP contribution in [0.2, 0.25) is 0 Å². The standard InChI is InChI=1S/C19H13F6N3O/c20-18(21,22)13-7-11(8-14(10-13)19(23,24)25)3-5-27-17(29)28-15-1-2-16-12(9-15)4-6-26-16/h1-10,26H,(H2,27,28,29)/b5-3+. The highest BCUT2D eigenvalue weighted by Crippen LogP contribution is 2.36. The number of carbonyl (C=O) groups is 1. The minimum absolute atomic E-state index is 0.0363. The number of carbonyl (C=O) groups excluding carboxylic acids is 1. The molecule has 152 valence electrons. The Morgan fingerprint density at radius 3 is 2.17 bits per heavy atom. The summed E-state index contributed by atoms with van der Waals surface area (Å²) in [6, 6.07) is 7.30. The van der Waals surface area contributed by atoms with Crippen LogP contribution in [0.1, 0.15) is 16.7 Å². The van der Waals surface area contributed by atoms with E-state index in [0.717, 1.165) is 23.2 Å². The highest BCUT2D eigenvalue weighted by molar-refractivity contribution is 5.93. The molecule has 3 aromatic rings. The Labute approximate surface area is 160 Å². The van der Waals surface area contributed by atoms with Crippen LogP contribution >= 0.6 is 0 Å². The van der Waals surface area contributed by atoms with E-state index < -0.39 is 29.5 Å². The zero-order valence-electron chi connectivity index (χ0n) is 14.4. The van der Waals surface area contributed by atoms with Crippen LogP contribution in [0.5, 0.6) is 0 Å². The summed E-state index contributed by atoms with van der Waals surface area (Å²) in [4.78, 5) is 14.9. The second kappa shape index (κ2) is 7.53. The topological polar surface area (TPSA) is 56.9 Å². The van der Waals surface area contributed by atoms with Crippen molar-refractivity contribution < 1.29 is 31.1 Å². The van der Waals surface area contributed by atoms with E-state index in [9.17, 15) is 31.1 Å². The molecule has 1 aromatic heterocycles. The number of hydrogen-bond acceptors (Lipinski definition) is 1. The third-order valence-electron chi connectivity index (χ3n) is 3.91. The SMILES string of the molecule is O=C(N/C=C/c1cc(C(F)(F)F)cc(C(F)(F)F)c1)Nc1ccc2[nH]ccc2c1. The molecule has 0 fully saturated rings. The van der Waals surface area contributed by atoms with Crippen LogP contribution in [0.3, 0.4) is 0 Å². The van der Waals surface area contributed by atoms with E-state index in [2.05, 4.69) is 15.6 Å². The molecule has 3 N–H and O–H groups in total. The van der Waals surface area contributed by atoms with Crippen LogP contribution in [0, 0.1) is 0 Å². The third-order valence-corrected chi connectivity index (χ3v) is 3.91. The lowest BCUT2D eigenvalue weighted by Crippen LogP contribution is -2.23. The summed E-state index contributed by atoms with van der Waals surface area (Å²) in [5.74, 6) is 0. The number of urea groups is 1. The van der Waals surface area contributed by atoms with E-state index in [4.69, 9.17) is 0 Å². The Kier molecular flexibility index (Phi) is 5.27. The highest BCUT2D eigenvalue weighted by Gasteiger charge is 2.36. The zero-order valence-corrected chi connectivity index (χ0v) is 14.4. The van der Waals surface area contributed by atoms with E-state index >= 15 is 0 Å². The molecule has 2 aromatic carbocycles. The largest absolute Gasteiger partial charge is 0.416 e. The molecular weight excluding hydrogens is 400 g/mol. The van der Waals surface area contributed by atoms with Gasteiger partial charge in [0, 0.05) is 29.0 Å². The van der Waals surface area contributed by atoms with Crippen LogP contribution in [0.25, 0.3) is 17.0 Å². The average Bonchev–Trinajstić information content (AvgIpc) is 3.07. The van der Waals surface area contributed by atoms with Crippen molar-refractivity contribution in [2.75, 3.05) is 5.32 Å². The smallest absolute Gasteiger partial charge is 0.361 e. The van der Waals surface area contributed by atoms with Crippen LogP contribution < -0.4 is 10.6 Å². The first-order chi connectivity index (χ1) is 13.5. The first kappa shape index (κ1) is 20.3. The molecule has 0 aliphatic rings. The Balaban J connectivity index is 1.72. The van der Waals surface area contributed by atoms with Crippen molar-refractivity contribution in [2.45, 2.75) is 12.4 Å². The predicted octanol–water partition coefficient (Wildman–Crippen LogP) is 6.00. The Morgan fingerprint density at radius 1 is 0.897 bits per heavy atom. The van der Waals surface area contributed by atoms with Gasteiger partial charge in [0.25, 0.3) is 0 Å². The van der Waals surface area contributed by atoms with Crippen molar-refractivity contribution in [3.05, 3.63) is 71.6 Å². The van der Waals surface area contributed by atoms with Gasteiger partial charge in [0.05, 0.1) is 11.1 Å². The molecule has 0 aliphatic heterocycles. The number of alkyl halides is 6. The number of nitrogens with one attached hydrogen (secondary N) is 3. The van der Waals surface area contributed by atoms with Crippen LogP contribution in [-0.2, 0) is 12.4 Å². The molecule has 10 heteroatoms. The van der Waals surface area contributed by atoms with Crippen molar-refractivity contribution in [3.8, 4) is 0 Å². The molecule has 0 radical (unpaired) electrons. The molecule has 0 spiro atoms. The van der Waals surface area contributed by atoms with Crippen molar-refractivity contribution in [2.24, 2.45) is 0 Å². The molecule has 0 aliphatic carbocycles. The van der Waals surface area contributed by atoms with Gasteiger partial charge < -0.3 is 15.6 Å². The monoisotopic (exact) mass is 413 g/mol. The maximum Gasteiger partial charge on any atom is 0.416 e. The maximum atomic E-state index is 12.8. The molecule has 0 saturated heterocycles. The van der Waals surface area contributed by atoms with Gasteiger partial charge in [-0.1, -0.05) is 0 Å². The summed E-state index contributed by atoms with van der Waals surface area (Å²) in [5, 5.41) is 5.59. The second-order valence-electron chi connectivity index (χ2n) is 6.05. The van der Waals surface area contributed by atoms with Gasteiger partial charge >= 0.3 is 18.4 Å². The molecule has 0 bridgehead atoms. The molecular formula is C19H13F6N3O. The molecule has 0 unspecified atom stereocenters. The van der Waals surface area contributed by atoms with Gasteiger partial charge in [-0.05, 0) is 54.1 Å². The number of aromatic nitrogens is 1. The van der Waals surface area contributed by atoms with E-state index in [1.165, 1.54) is 0 Å². The van der Waals surface area contributed by atoms with Gasteiger partial charge in [0.2, 0.25) is 0 Å². The first-order valence-corrected chi connectivity index (χ1v) is 8.13. The minimum Gasteiger partial charge on any atom is -0.361 e. The second-order valence-corrected chi connectivity index (χ2v) is 6.05. The summed E-state index contributed by atoms with van der Waals surface area (Å²) in [5.41, 5.74) is -1.91. The summed E-state index contributed by atoms with van der Waals surface area (Å²) in [6.45, 7) is 0. The van der Waals surface area contributed by atoms with E-state index in [1.54, 1.807) is 30.5 Å². The number of hydrogen-bond donors (Lipinski definition) is 3. The first-order valence-electron chi connectivity index (χ1n) is 8.13. The quantitative estimate of drug-likeness (QED) is 0.454. The Morgan fingerprint density at radius 2 is 1.55 bits per heavy atom. The molecule has 1 heterocycles. The lowest BCUT2D eigenvalue weighted by atomic mass is 10.0. The number of rotatable bonds is 3. The number of H-pyrrole nitrogens is 1. The molecule has 4 nitrogen and oxygen atoms in total. The number of fused-ring (bicyclic) bond motifs is 1. The third kappa shape index (κ3) is 5.09. The maximum absolute atomic E-state index is 12.8. The Bertz CT molecular complexity index is 1030. The molecule has 0 saturated carbocycles. The molecule has 3 rings (SSSR count). The number of anilines is 1. The Hall–Kier alpha value is -3.43. The van der Waals surface area contributed by atoms with Crippen LogP contribution in [-0.4, -0.2) is 11.0 Å². The van der Waals surface area contributed by atoms with Crippen molar-refractivity contribution >= 4 is 28.7 Å². The average molecular weight is 413 g/mol. The molecule has 0 atom stereocenters. The van der Waals surface area contributed by atoms with Gasteiger partial charge in [-0.25, -0.2) is 4.79 Å². The number of aromatic amines is 1. The summed E-state index contributed by atoms with van der Waals surface area (Å²) in [6.07, 6.45) is -6.25. The fraction of sp³-hybridized carbons (Fsp3) is 0.105. The summed E-state index contributed by atoms with van der Waals surface area (Å²) in [7, 11) is 0. The molecule has 29 heavy (non-hydrogen) atoms. The normalized spacial score (nSPS) is 12.5. The van der Waals surface area contributed by atoms with Crippen LogP contribution in [0.15, 0.2) is 54.9 Å². The fourth-order valence-corrected chi connectivity index (χ4v) is 2.59. The highest BCUT2D eigenvalue weighted by atomic mass is 19.4.